The van der Waals surface area contributed by atoms with Crippen molar-refractivity contribution in [2.24, 2.45) is 0 Å². The van der Waals surface area contributed by atoms with Crippen molar-refractivity contribution in [3.63, 3.8) is 0 Å². The normalized spacial score (nSPS) is 14.0. The van der Waals surface area contributed by atoms with Crippen LogP contribution in [0.2, 0.25) is 0 Å². The first-order valence-electron chi connectivity index (χ1n) is 6.92. The first kappa shape index (κ1) is 15.2. The molecule has 0 aliphatic heterocycles. The summed E-state index contributed by atoms with van der Waals surface area (Å²) in [6.45, 7) is 3.82. The van der Waals surface area contributed by atoms with E-state index in [1.165, 1.54) is 10.5 Å². The third kappa shape index (κ3) is 3.28. The van der Waals surface area contributed by atoms with Gasteiger partial charge in [0.25, 0.3) is 5.56 Å². The summed E-state index contributed by atoms with van der Waals surface area (Å²) < 4.78 is 1.45. The van der Waals surface area contributed by atoms with Crippen molar-refractivity contribution in [3.05, 3.63) is 46.5 Å². The van der Waals surface area contributed by atoms with Crippen LogP contribution in [0, 0.1) is 0 Å². The Balaban J connectivity index is 2.24. The Hall–Kier alpha value is -2.21. The molecule has 0 fully saturated rings. The van der Waals surface area contributed by atoms with Gasteiger partial charge >= 0.3 is 5.97 Å². The molecule has 2 rings (SSSR count). The minimum atomic E-state index is -1.02. The fourth-order valence-corrected chi connectivity index (χ4v) is 2.25. The third-order valence-corrected chi connectivity index (χ3v) is 3.51. The van der Waals surface area contributed by atoms with E-state index in [1.54, 1.807) is 31.3 Å². The zero-order chi connectivity index (χ0) is 15.5. The molecule has 2 aromatic rings. The molecule has 0 bridgehead atoms. The van der Waals surface area contributed by atoms with Crippen molar-refractivity contribution in [2.45, 2.75) is 38.8 Å². The third-order valence-electron chi connectivity index (χ3n) is 3.51. The van der Waals surface area contributed by atoms with Gasteiger partial charge in [-0.05, 0) is 25.5 Å². The van der Waals surface area contributed by atoms with E-state index < -0.39 is 11.5 Å². The largest absolute Gasteiger partial charge is 0.480 e. The highest BCUT2D eigenvalue weighted by Gasteiger charge is 2.31. The topological polar surface area (TPSA) is 83.7 Å². The maximum atomic E-state index is 12.0. The van der Waals surface area contributed by atoms with Crippen molar-refractivity contribution >= 4 is 11.6 Å². The lowest BCUT2D eigenvalue weighted by atomic mass is 9.96. The molecule has 0 amide bonds. The maximum Gasteiger partial charge on any atom is 0.323 e. The second-order valence-electron chi connectivity index (χ2n) is 5.26. The zero-order valence-electron chi connectivity index (χ0n) is 12.2. The molecule has 0 aromatic carbocycles. The Bertz CT molecular complexity index is 711. The molecule has 2 heterocycles. The van der Waals surface area contributed by atoms with E-state index in [0.717, 1.165) is 6.42 Å². The number of nitrogens with one attached hydrogen (secondary N) is 1. The zero-order valence-corrected chi connectivity index (χ0v) is 12.2. The molecule has 1 atom stereocenters. The molecular formula is C15H19N3O3. The highest BCUT2D eigenvalue weighted by Crippen LogP contribution is 2.13. The Morgan fingerprint density at radius 3 is 2.90 bits per heavy atom. The van der Waals surface area contributed by atoms with Crippen LogP contribution in [-0.2, 0) is 11.3 Å². The second kappa shape index (κ2) is 6.05. The van der Waals surface area contributed by atoms with Crippen LogP contribution < -0.4 is 10.9 Å². The number of aromatic nitrogens is 2. The Labute approximate surface area is 122 Å². The van der Waals surface area contributed by atoms with E-state index in [-0.39, 0.29) is 12.1 Å². The number of nitrogens with zero attached hydrogens (tertiary/aromatic N) is 2. The van der Waals surface area contributed by atoms with E-state index in [4.69, 9.17) is 0 Å². The Kier molecular flexibility index (Phi) is 4.37. The first-order valence-corrected chi connectivity index (χ1v) is 6.92. The predicted octanol–water partition coefficient (Wildman–Crippen LogP) is 1.43. The van der Waals surface area contributed by atoms with Crippen LogP contribution in [0.1, 0.15) is 32.4 Å². The number of carbonyl (C=O) groups is 1. The van der Waals surface area contributed by atoms with Gasteiger partial charge in [0.05, 0.1) is 5.69 Å². The van der Waals surface area contributed by atoms with E-state index in [1.807, 2.05) is 6.92 Å². The number of rotatable bonds is 6. The van der Waals surface area contributed by atoms with Gasteiger partial charge in [0.1, 0.15) is 11.2 Å². The van der Waals surface area contributed by atoms with Gasteiger partial charge in [0.15, 0.2) is 0 Å². The lowest BCUT2D eigenvalue weighted by Crippen LogP contribution is -2.49. The van der Waals surface area contributed by atoms with Crippen LogP contribution in [0.25, 0.3) is 5.65 Å². The summed E-state index contributed by atoms with van der Waals surface area (Å²) in [5.74, 6) is -0.901. The molecule has 0 radical (unpaired) electrons. The summed E-state index contributed by atoms with van der Waals surface area (Å²) in [4.78, 5) is 27.7. The van der Waals surface area contributed by atoms with E-state index in [9.17, 15) is 14.7 Å². The number of pyridine rings is 1. The highest BCUT2D eigenvalue weighted by molar-refractivity contribution is 5.78. The van der Waals surface area contributed by atoms with Crippen LogP contribution in [0.15, 0.2) is 35.3 Å². The van der Waals surface area contributed by atoms with Gasteiger partial charge in [0.2, 0.25) is 0 Å². The summed E-state index contributed by atoms with van der Waals surface area (Å²) >= 11 is 0. The Morgan fingerprint density at radius 2 is 2.24 bits per heavy atom. The molecule has 2 N–H and O–H groups in total. The molecule has 1 unspecified atom stereocenters. The van der Waals surface area contributed by atoms with Gasteiger partial charge in [-0.25, -0.2) is 4.98 Å². The van der Waals surface area contributed by atoms with Crippen LogP contribution in [-0.4, -0.2) is 26.0 Å². The number of hydrogen-bond acceptors (Lipinski definition) is 4. The first-order chi connectivity index (χ1) is 9.96. The Morgan fingerprint density at radius 1 is 1.48 bits per heavy atom. The molecule has 6 nitrogen and oxygen atoms in total. The molecule has 0 saturated heterocycles. The molecule has 0 saturated carbocycles. The van der Waals surface area contributed by atoms with Crippen molar-refractivity contribution < 1.29 is 9.90 Å². The fraction of sp³-hybridized carbons (Fsp3) is 0.400. The van der Waals surface area contributed by atoms with Gasteiger partial charge in [-0.1, -0.05) is 19.4 Å². The number of carboxylic acid groups (broad SMARTS) is 1. The maximum absolute atomic E-state index is 12.0. The van der Waals surface area contributed by atoms with E-state index >= 15 is 0 Å². The molecule has 0 aliphatic carbocycles. The van der Waals surface area contributed by atoms with Crippen molar-refractivity contribution in [1.29, 1.82) is 0 Å². The molecule has 112 valence electrons. The highest BCUT2D eigenvalue weighted by atomic mass is 16.4. The van der Waals surface area contributed by atoms with Crippen molar-refractivity contribution in [2.75, 3.05) is 0 Å². The molecule has 21 heavy (non-hydrogen) atoms. The average molecular weight is 289 g/mol. The fourth-order valence-electron chi connectivity index (χ4n) is 2.25. The van der Waals surface area contributed by atoms with Crippen molar-refractivity contribution in [1.82, 2.24) is 14.7 Å². The van der Waals surface area contributed by atoms with Gasteiger partial charge in [-0.3, -0.25) is 19.3 Å². The monoisotopic (exact) mass is 289 g/mol. The number of carboxylic acids is 1. The van der Waals surface area contributed by atoms with Gasteiger partial charge in [-0.2, -0.15) is 0 Å². The van der Waals surface area contributed by atoms with Crippen LogP contribution >= 0.6 is 0 Å². The van der Waals surface area contributed by atoms with Gasteiger partial charge in [0, 0.05) is 18.8 Å². The standard InChI is InChI=1S/C15H19N3O3/c1-3-7-15(2,14(20)21)16-10-11-9-13(19)18-8-5-4-6-12(18)17-11/h4-6,8-9,16H,3,7,10H2,1-2H3,(H,20,21). The lowest BCUT2D eigenvalue weighted by Gasteiger charge is -2.25. The predicted molar refractivity (Wildman–Crippen MR) is 79.3 cm³/mol. The summed E-state index contributed by atoms with van der Waals surface area (Å²) in [6.07, 6.45) is 2.92. The van der Waals surface area contributed by atoms with Gasteiger partial charge in [-0.15, -0.1) is 0 Å². The minimum absolute atomic E-state index is 0.176. The smallest absolute Gasteiger partial charge is 0.323 e. The van der Waals surface area contributed by atoms with E-state index in [0.29, 0.717) is 17.8 Å². The van der Waals surface area contributed by atoms with Crippen LogP contribution in [0.4, 0.5) is 0 Å². The number of hydrogen-bond donors (Lipinski definition) is 2. The lowest BCUT2D eigenvalue weighted by molar-refractivity contribution is -0.144. The van der Waals surface area contributed by atoms with E-state index in [2.05, 4.69) is 10.3 Å². The molecule has 0 spiro atoms. The summed E-state index contributed by atoms with van der Waals surface area (Å²) in [5, 5.41) is 12.3. The summed E-state index contributed by atoms with van der Waals surface area (Å²) in [7, 11) is 0. The molecule has 0 aliphatic rings. The second-order valence-corrected chi connectivity index (χ2v) is 5.26. The van der Waals surface area contributed by atoms with Crippen LogP contribution in [0.5, 0.6) is 0 Å². The molecular weight excluding hydrogens is 270 g/mol. The number of aliphatic carboxylic acids is 1. The molecule has 6 heteroatoms. The van der Waals surface area contributed by atoms with Crippen molar-refractivity contribution in [3.8, 4) is 0 Å². The molecule has 2 aromatic heterocycles. The quantitative estimate of drug-likeness (QED) is 0.840. The summed E-state index contributed by atoms with van der Waals surface area (Å²) in [5.41, 5.74) is -0.104. The number of fused-ring (bicyclic) bond motifs is 1. The minimum Gasteiger partial charge on any atom is -0.480 e. The SMILES string of the molecule is CCCC(C)(NCc1cc(=O)n2ccccc2n1)C(=O)O. The average Bonchev–Trinajstić information content (AvgIpc) is 2.45. The van der Waals surface area contributed by atoms with Gasteiger partial charge < -0.3 is 5.11 Å². The summed E-state index contributed by atoms with van der Waals surface area (Å²) in [6, 6.07) is 6.73. The van der Waals surface area contributed by atoms with Crippen LogP contribution in [0.3, 0.4) is 0 Å².